The Bertz CT molecular complexity index is 471. The van der Waals surface area contributed by atoms with Crippen LogP contribution in [0, 0.1) is 10.1 Å². The van der Waals surface area contributed by atoms with Crippen molar-refractivity contribution in [3.8, 4) is 0 Å². The fourth-order valence-corrected chi connectivity index (χ4v) is 1.86. The van der Waals surface area contributed by atoms with Crippen LogP contribution in [0.1, 0.15) is 31.9 Å². The van der Waals surface area contributed by atoms with E-state index in [4.69, 9.17) is 0 Å². The maximum atomic E-state index is 12.0. The second-order valence-corrected chi connectivity index (χ2v) is 4.42. The van der Waals surface area contributed by atoms with Gasteiger partial charge in [-0.2, -0.15) is 18.3 Å². The van der Waals surface area contributed by atoms with Crippen molar-refractivity contribution in [2.45, 2.75) is 38.8 Å². The van der Waals surface area contributed by atoms with Crippen molar-refractivity contribution in [1.29, 1.82) is 0 Å². The van der Waals surface area contributed by atoms with Crippen LogP contribution in [0.5, 0.6) is 0 Å². The van der Waals surface area contributed by atoms with Gasteiger partial charge in [0, 0.05) is 20.0 Å². The van der Waals surface area contributed by atoms with Crippen molar-refractivity contribution in [3.63, 3.8) is 0 Å². The van der Waals surface area contributed by atoms with E-state index in [-0.39, 0.29) is 24.5 Å². The van der Waals surface area contributed by atoms with Crippen molar-refractivity contribution in [2.75, 3.05) is 11.9 Å². The van der Waals surface area contributed by atoms with Gasteiger partial charge in [-0.1, -0.05) is 13.3 Å². The first-order valence-electron chi connectivity index (χ1n) is 6.27. The van der Waals surface area contributed by atoms with Crippen LogP contribution in [-0.4, -0.2) is 27.4 Å². The zero-order valence-corrected chi connectivity index (χ0v) is 11.3. The van der Waals surface area contributed by atoms with E-state index in [9.17, 15) is 23.3 Å². The van der Waals surface area contributed by atoms with Crippen molar-refractivity contribution in [1.82, 2.24) is 9.78 Å². The Morgan fingerprint density at radius 1 is 1.45 bits per heavy atom. The Morgan fingerprint density at radius 2 is 2.10 bits per heavy atom. The Hall–Kier alpha value is -1.80. The first-order valence-corrected chi connectivity index (χ1v) is 6.27. The molecule has 0 radical (unpaired) electrons. The molecule has 0 saturated carbocycles. The number of alkyl halides is 3. The van der Waals surface area contributed by atoms with Crippen LogP contribution >= 0.6 is 0 Å². The Morgan fingerprint density at radius 3 is 2.60 bits per heavy atom. The van der Waals surface area contributed by atoms with Gasteiger partial charge in [-0.05, 0) is 12.8 Å². The molecule has 0 atom stereocenters. The lowest BCUT2D eigenvalue weighted by Crippen LogP contribution is -2.13. The number of rotatable bonds is 7. The molecule has 1 rings (SSSR count). The number of anilines is 1. The molecule has 0 aliphatic heterocycles. The molecule has 1 aromatic heterocycles. The predicted octanol–water partition coefficient (Wildman–Crippen LogP) is 3.04. The molecule has 1 heterocycles. The summed E-state index contributed by atoms with van der Waals surface area (Å²) in [4.78, 5) is 10.5. The fraction of sp³-hybridized carbons (Fsp3) is 0.727. The highest BCUT2D eigenvalue weighted by molar-refractivity contribution is 5.59. The SMILES string of the molecule is CCCc1nn(C)c(NCCCC(F)(F)F)c1[N+](=O)[O-]. The molecule has 0 aliphatic rings. The predicted molar refractivity (Wildman–Crippen MR) is 67.6 cm³/mol. The Labute approximate surface area is 114 Å². The molecule has 1 aromatic rings. The van der Waals surface area contributed by atoms with Crippen LogP contribution in [-0.2, 0) is 13.5 Å². The van der Waals surface area contributed by atoms with Gasteiger partial charge >= 0.3 is 11.9 Å². The topological polar surface area (TPSA) is 73.0 Å². The van der Waals surface area contributed by atoms with E-state index in [2.05, 4.69) is 10.4 Å². The molecule has 0 bridgehead atoms. The zero-order chi connectivity index (χ0) is 15.3. The second kappa shape index (κ2) is 6.58. The summed E-state index contributed by atoms with van der Waals surface area (Å²) in [6.45, 7) is 1.88. The smallest absolute Gasteiger partial charge is 0.365 e. The minimum absolute atomic E-state index is 0.00541. The monoisotopic (exact) mass is 294 g/mol. The first-order chi connectivity index (χ1) is 9.26. The Balaban J connectivity index is 2.76. The van der Waals surface area contributed by atoms with E-state index in [0.717, 1.165) is 0 Å². The summed E-state index contributed by atoms with van der Waals surface area (Å²) < 4.78 is 37.4. The van der Waals surface area contributed by atoms with Gasteiger partial charge in [-0.15, -0.1) is 0 Å². The number of aromatic nitrogens is 2. The van der Waals surface area contributed by atoms with E-state index in [1.807, 2.05) is 6.92 Å². The molecule has 0 amide bonds. The molecule has 9 heteroatoms. The van der Waals surface area contributed by atoms with E-state index in [1.165, 1.54) is 11.7 Å². The third-order valence-corrected chi connectivity index (χ3v) is 2.69. The molecule has 0 aliphatic carbocycles. The summed E-state index contributed by atoms with van der Waals surface area (Å²) in [7, 11) is 1.53. The van der Waals surface area contributed by atoms with Crippen LogP contribution in [0.25, 0.3) is 0 Å². The highest BCUT2D eigenvalue weighted by atomic mass is 19.4. The molecule has 1 N–H and O–H groups in total. The molecule has 0 spiro atoms. The van der Waals surface area contributed by atoms with Crippen LogP contribution < -0.4 is 5.32 Å². The van der Waals surface area contributed by atoms with E-state index in [1.54, 1.807) is 0 Å². The van der Waals surface area contributed by atoms with Gasteiger partial charge in [0.2, 0.25) is 5.82 Å². The van der Waals surface area contributed by atoms with Crippen LogP contribution in [0.15, 0.2) is 0 Å². The fourth-order valence-electron chi connectivity index (χ4n) is 1.86. The van der Waals surface area contributed by atoms with Gasteiger partial charge in [-0.25, -0.2) is 4.68 Å². The van der Waals surface area contributed by atoms with Crippen LogP contribution in [0.4, 0.5) is 24.7 Å². The normalized spacial score (nSPS) is 11.7. The van der Waals surface area contributed by atoms with E-state index in [0.29, 0.717) is 18.5 Å². The highest BCUT2D eigenvalue weighted by Crippen LogP contribution is 2.29. The van der Waals surface area contributed by atoms with Crippen molar-refractivity contribution < 1.29 is 18.1 Å². The lowest BCUT2D eigenvalue weighted by Gasteiger charge is -2.08. The molecular formula is C11H17F3N4O2. The van der Waals surface area contributed by atoms with Crippen molar-refractivity contribution in [3.05, 3.63) is 15.8 Å². The quantitative estimate of drug-likeness (QED) is 0.476. The minimum Gasteiger partial charge on any atom is -0.365 e. The van der Waals surface area contributed by atoms with Crippen molar-refractivity contribution >= 4 is 11.5 Å². The van der Waals surface area contributed by atoms with E-state index < -0.39 is 17.5 Å². The number of hydrogen-bond donors (Lipinski definition) is 1. The molecule has 0 fully saturated rings. The average molecular weight is 294 g/mol. The van der Waals surface area contributed by atoms with E-state index >= 15 is 0 Å². The summed E-state index contributed by atoms with van der Waals surface area (Å²) in [6, 6.07) is 0. The van der Waals surface area contributed by atoms with Gasteiger partial charge < -0.3 is 5.32 Å². The highest BCUT2D eigenvalue weighted by Gasteiger charge is 2.28. The number of nitrogens with zero attached hydrogens (tertiary/aromatic N) is 3. The summed E-state index contributed by atoms with van der Waals surface area (Å²) >= 11 is 0. The zero-order valence-electron chi connectivity index (χ0n) is 11.3. The molecular weight excluding hydrogens is 277 g/mol. The third kappa shape index (κ3) is 4.39. The van der Waals surface area contributed by atoms with Gasteiger partial charge in [-0.3, -0.25) is 10.1 Å². The first kappa shape index (κ1) is 16.3. The molecule has 0 aromatic carbocycles. The molecule has 20 heavy (non-hydrogen) atoms. The lowest BCUT2D eigenvalue weighted by molar-refractivity contribution is -0.384. The number of nitrogens with one attached hydrogen (secondary N) is 1. The standard InChI is InChI=1S/C11H17F3N4O2/c1-3-5-8-9(18(19)20)10(17(2)16-8)15-7-4-6-11(12,13)14/h15H,3-7H2,1-2H3. The van der Waals surface area contributed by atoms with Gasteiger partial charge in [0.25, 0.3) is 0 Å². The number of halogens is 3. The third-order valence-electron chi connectivity index (χ3n) is 2.69. The molecule has 0 unspecified atom stereocenters. The average Bonchev–Trinajstić information content (AvgIpc) is 2.60. The summed E-state index contributed by atoms with van der Waals surface area (Å²) in [5.41, 5.74) is 0.194. The second-order valence-electron chi connectivity index (χ2n) is 4.42. The largest absolute Gasteiger partial charge is 0.389 e. The van der Waals surface area contributed by atoms with Gasteiger partial charge in [0.1, 0.15) is 5.69 Å². The van der Waals surface area contributed by atoms with Crippen LogP contribution in [0.2, 0.25) is 0 Å². The van der Waals surface area contributed by atoms with Crippen molar-refractivity contribution in [2.24, 2.45) is 7.05 Å². The molecule has 0 saturated heterocycles. The number of nitro groups is 1. The molecule has 6 nitrogen and oxygen atoms in total. The maximum Gasteiger partial charge on any atom is 0.389 e. The molecule has 114 valence electrons. The van der Waals surface area contributed by atoms with Gasteiger partial charge in [0.15, 0.2) is 0 Å². The Kier molecular flexibility index (Phi) is 5.34. The van der Waals surface area contributed by atoms with Crippen LogP contribution in [0.3, 0.4) is 0 Å². The summed E-state index contributed by atoms with van der Waals surface area (Å²) in [5, 5.41) is 17.8. The summed E-state index contributed by atoms with van der Waals surface area (Å²) in [5.74, 6) is 0.153. The maximum absolute atomic E-state index is 12.0. The van der Waals surface area contributed by atoms with Gasteiger partial charge in [0.05, 0.1) is 4.92 Å². The number of hydrogen-bond acceptors (Lipinski definition) is 4. The lowest BCUT2D eigenvalue weighted by atomic mass is 10.2. The number of aryl methyl sites for hydroxylation is 2. The summed E-state index contributed by atoms with van der Waals surface area (Å²) in [6.07, 6.45) is -4.13. The minimum atomic E-state index is -4.21.